The molecule has 0 aromatic rings. The molecule has 1 unspecified atom stereocenters. The Kier molecular flexibility index (Phi) is 5.72. The van der Waals surface area contributed by atoms with Gasteiger partial charge in [0, 0.05) is 6.04 Å². The molecule has 0 spiro atoms. The Labute approximate surface area is 74.3 Å². The van der Waals surface area contributed by atoms with Crippen molar-refractivity contribution in [1.82, 2.24) is 0 Å². The maximum Gasteiger partial charge on any atom is 0.307 e. The Balaban J connectivity index is 3.54. The van der Waals surface area contributed by atoms with E-state index < -0.39 is 0 Å². The van der Waals surface area contributed by atoms with Crippen LogP contribution in [0.25, 0.3) is 0 Å². The molecule has 0 aromatic carbocycles. The minimum atomic E-state index is -0.182. The van der Waals surface area contributed by atoms with Crippen LogP contribution in [0.15, 0.2) is 0 Å². The number of nitrogens with two attached hydrogens (primary N) is 1. The van der Waals surface area contributed by atoms with Crippen LogP contribution in [0.4, 0.5) is 0 Å². The molecule has 0 saturated carbocycles. The summed E-state index contributed by atoms with van der Waals surface area (Å²) in [4.78, 5) is 11.0. The summed E-state index contributed by atoms with van der Waals surface area (Å²) in [6, 6.07) is -0.0747. The van der Waals surface area contributed by atoms with Crippen molar-refractivity contribution in [2.24, 2.45) is 11.7 Å². The first kappa shape index (κ1) is 11.4. The number of carbonyl (C=O) groups excluding carboxylic acids is 1. The van der Waals surface area contributed by atoms with Crippen LogP contribution in [-0.2, 0) is 9.53 Å². The number of ether oxygens (including phenoxy) is 1. The minimum Gasteiger partial charge on any atom is -0.466 e. The third-order valence-corrected chi connectivity index (χ3v) is 1.73. The Morgan fingerprint density at radius 3 is 2.50 bits per heavy atom. The fourth-order valence-corrected chi connectivity index (χ4v) is 0.703. The number of hydrogen-bond acceptors (Lipinski definition) is 3. The van der Waals surface area contributed by atoms with E-state index in [1.54, 1.807) is 0 Å². The topological polar surface area (TPSA) is 52.3 Å². The lowest BCUT2D eigenvalue weighted by atomic mass is 10.0. The van der Waals surface area contributed by atoms with Crippen molar-refractivity contribution >= 4 is 5.97 Å². The molecule has 0 aromatic heterocycles. The average Bonchev–Trinajstić information content (AvgIpc) is 2.00. The molecule has 0 bridgehead atoms. The zero-order valence-electron chi connectivity index (χ0n) is 8.17. The Hall–Kier alpha value is -0.570. The molecule has 0 rings (SSSR count). The van der Waals surface area contributed by atoms with Gasteiger partial charge in [-0.05, 0) is 12.3 Å². The van der Waals surface area contributed by atoms with E-state index >= 15 is 0 Å². The van der Waals surface area contributed by atoms with Crippen LogP contribution < -0.4 is 5.73 Å². The largest absolute Gasteiger partial charge is 0.466 e. The van der Waals surface area contributed by atoms with Crippen molar-refractivity contribution in [3.63, 3.8) is 0 Å². The smallest absolute Gasteiger partial charge is 0.307 e. The first-order valence-electron chi connectivity index (χ1n) is 4.49. The van der Waals surface area contributed by atoms with E-state index in [1.165, 1.54) is 0 Å². The predicted octanol–water partition coefficient (Wildman–Crippen LogP) is 1.31. The summed E-state index contributed by atoms with van der Waals surface area (Å²) in [6.45, 7) is 6.47. The van der Waals surface area contributed by atoms with Gasteiger partial charge < -0.3 is 10.5 Å². The van der Waals surface area contributed by atoms with Crippen molar-refractivity contribution in [3.05, 3.63) is 0 Å². The monoisotopic (exact) mass is 173 g/mol. The molecule has 0 fully saturated rings. The number of carbonyl (C=O) groups is 1. The fraction of sp³-hybridized carbons (Fsp3) is 0.889. The maximum atomic E-state index is 11.0. The second kappa shape index (κ2) is 6.00. The van der Waals surface area contributed by atoms with Crippen molar-refractivity contribution in [1.29, 1.82) is 0 Å². The van der Waals surface area contributed by atoms with Gasteiger partial charge in [-0.1, -0.05) is 20.8 Å². The second-order valence-electron chi connectivity index (χ2n) is 3.33. The predicted molar refractivity (Wildman–Crippen MR) is 48.7 cm³/mol. The summed E-state index contributed by atoms with van der Waals surface area (Å²) in [5, 5.41) is 0. The maximum absolute atomic E-state index is 11.0. The average molecular weight is 173 g/mol. The highest BCUT2D eigenvalue weighted by atomic mass is 16.5. The summed E-state index contributed by atoms with van der Waals surface area (Å²) >= 11 is 0. The molecular formula is C9H19NO2. The Bertz CT molecular complexity index is 134. The summed E-state index contributed by atoms with van der Waals surface area (Å²) in [5.74, 6) is 0.150. The molecule has 2 N–H and O–H groups in total. The van der Waals surface area contributed by atoms with Gasteiger partial charge in [0.25, 0.3) is 0 Å². The van der Waals surface area contributed by atoms with Gasteiger partial charge in [0.15, 0.2) is 0 Å². The summed E-state index contributed by atoms with van der Waals surface area (Å²) in [6.07, 6.45) is 1.19. The molecule has 12 heavy (non-hydrogen) atoms. The first-order chi connectivity index (χ1) is 5.57. The molecule has 72 valence electrons. The van der Waals surface area contributed by atoms with Gasteiger partial charge in [0.1, 0.15) is 0 Å². The van der Waals surface area contributed by atoms with E-state index in [4.69, 9.17) is 10.5 Å². The second-order valence-corrected chi connectivity index (χ2v) is 3.33. The number of rotatable bonds is 5. The van der Waals surface area contributed by atoms with Crippen molar-refractivity contribution in [2.45, 2.75) is 39.7 Å². The van der Waals surface area contributed by atoms with Crippen molar-refractivity contribution < 1.29 is 9.53 Å². The number of esters is 1. The third kappa shape index (κ3) is 5.13. The molecular weight excluding hydrogens is 154 g/mol. The van der Waals surface area contributed by atoms with Crippen LogP contribution in [0, 0.1) is 5.92 Å². The quantitative estimate of drug-likeness (QED) is 0.638. The first-order valence-corrected chi connectivity index (χ1v) is 4.49. The molecule has 1 atom stereocenters. The standard InChI is InChI=1S/C9H19NO2/c1-4-5-12-9(11)6-8(10)7(2)3/h7-8H,4-6,10H2,1-3H3. The zero-order valence-corrected chi connectivity index (χ0v) is 8.17. The summed E-state index contributed by atoms with van der Waals surface area (Å²) in [7, 11) is 0. The highest BCUT2D eigenvalue weighted by Crippen LogP contribution is 2.03. The lowest BCUT2D eigenvalue weighted by Crippen LogP contribution is -2.30. The molecule has 0 heterocycles. The van der Waals surface area contributed by atoms with Gasteiger partial charge in [-0.25, -0.2) is 0 Å². The molecule has 0 amide bonds. The van der Waals surface area contributed by atoms with E-state index in [1.807, 2.05) is 20.8 Å². The van der Waals surface area contributed by atoms with Gasteiger partial charge in [0.2, 0.25) is 0 Å². The lowest BCUT2D eigenvalue weighted by molar-refractivity contribution is -0.144. The minimum absolute atomic E-state index is 0.0747. The SMILES string of the molecule is CCCOC(=O)CC(N)C(C)C. The van der Waals surface area contributed by atoms with Gasteiger partial charge in [-0.2, -0.15) is 0 Å². The lowest BCUT2D eigenvalue weighted by Gasteiger charge is -2.14. The summed E-state index contributed by atoms with van der Waals surface area (Å²) < 4.78 is 4.89. The molecule has 0 saturated heterocycles. The normalized spacial score (nSPS) is 13.1. The zero-order chi connectivity index (χ0) is 9.56. The van der Waals surface area contributed by atoms with E-state index in [-0.39, 0.29) is 12.0 Å². The van der Waals surface area contributed by atoms with Crippen molar-refractivity contribution in [2.75, 3.05) is 6.61 Å². The molecule has 0 radical (unpaired) electrons. The van der Waals surface area contributed by atoms with Gasteiger partial charge in [-0.3, -0.25) is 4.79 Å². The third-order valence-electron chi connectivity index (χ3n) is 1.73. The molecule has 3 heteroatoms. The van der Waals surface area contributed by atoms with Crippen LogP contribution in [0.2, 0.25) is 0 Å². The van der Waals surface area contributed by atoms with Crippen molar-refractivity contribution in [3.8, 4) is 0 Å². The summed E-state index contributed by atoms with van der Waals surface area (Å²) in [5.41, 5.74) is 5.69. The van der Waals surface area contributed by atoms with Crippen LogP contribution in [-0.4, -0.2) is 18.6 Å². The number of hydrogen-bond donors (Lipinski definition) is 1. The van der Waals surface area contributed by atoms with Crippen LogP contribution in [0.1, 0.15) is 33.6 Å². The molecule has 0 aliphatic heterocycles. The van der Waals surface area contributed by atoms with E-state index in [2.05, 4.69) is 0 Å². The van der Waals surface area contributed by atoms with Gasteiger partial charge in [-0.15, -0.1) is 0 Å². The molecule has 0 aliphatic rings. The fourth-order valence-electron chi connectivity index (χ4n) is 0.703. The van der Waals surface area contributed by atoms with E-state index in [0.29, 0.717) is 18.9 Å². The Morgan fingerprint density at radius 2 is 2.08 bits per heavy atom. The molecule has 0 aliphatic carbocycles. The van der Waals surface area contributed by atoms with Gasteiger partial charge >= 0.3 is 5.97 Å². The van der Waals surface area contributed by atoms with Crippen LogP contribution in [0.5, 0.6) is 0 Å². The van der Waals surface area contributed by atoms with Crippen LogP contribution >= 0.6 is 0 Å². The van der Waals surface area contributed by atoms with E-state index in [9.17, 15) is 4.79 Å². The highest BCUT2D eigenvalue weighted by molar-refractivity contribution is 5.70. The highest BCUT2D eigenvalue weighted by Gasteiger charge is 2.13. The van der Waals surface area contributed by atoms with Crippen LogP contribution in [0.3, 0.4) is 0 Å². The Morgan fingerprint density at radius 1 is 1.50 bits per heavy atom. The van der Waals surface area contributed by atoms with Gasteiger partial charge in [0.05, 0.1) is 13.0 Å². The van der Waals surface area contributed by atoms with E-state index in [0.717, 1.165) is 6.42 Å². The molecule has 3 nitrogen and oxygen atoms in total.